The minimum absolute atomic E-state index is 0.640. The number of pyridine rings is 1. The molecule has 0 radical (unpaired) electrons. The van der Waals surface area contributed by atoms with E-state index < -0.39 is 0 Å². The summed E-state index contributed by atoms with van der Waals surface area (Å²) in [6, 6.07) is 12.2. The van der Waals surface area contributed by atoms with Crippen LogP contribution in [0.1, 0.15) is 25.3 Å². The topological polar surface area (TPSA) is 38.2 Å². The Morgan fingerprint density at radius 2 is 1.96 bits per heavy atom. The molecule has 0 unspecified atom stereocenters. The number of rotatable bonds is 4. The van der Waals surface area contributed by atoms with Gasteiger partial charge in [0, 0.05) is 12.7 Å². The molecule has 0 saturated carbocycles. The zero-order valence-electron chi connectivity index (χ0n) is 13.8. The van der Waals surface area contributed by atoms with Crippen LogP contribution >= 0.6 is 11.3 Å². The number of ether oxygens (including phenoxy) is 1. The van der Waals surface area contributed by atoms with Crippen LogP contribution in [-0.2, 0) is 6.54 Å². The number of fused-ring (bicyclic) bond motifs is 1. The first-order chi connectivity index (χ1) is 11.8. The molecule has 124 valence electrons. The second-order valence-corrected chi connectivity index (χ2v) is 7.45. The molecule has 0 N–H and O–H groups in total. The van der Waals surface area contributed by atoms with Gasteiger partial charge in [-0.15, -0.1) is 0 Å². The number of hydrogen-bond donors (Lipinski definition) is 0. The molecule has 0 bridgehead atoms. The molecule has 0 amide bonds. The van der Waals surface area contributed by atoms with Gasteiger partial charge in [-0.1, -0.05) is 30.4 Å². The first-order valence-corrected chi connectivity index (χ1v) is 9.28. The Morgan fingerprint density at radius 3 is 2.71 bits per heavy atom. The van der Waals surface area contributed by atoms with Gasteiger partial charge in [-0.3, -0.25) is 4.90 Å². The van der Waals surface area contributed by atoms with Crippen molar-refractivity contribution >= 4 is 21.7 Å². The standard InChI is InChI=1S/C19H21N3OS/c1-14-8-11-22(12-9-14)13-15-4-6-16(7-5-15)23-19-21-17-3-2-10-20-18(17)24-19/h2-7,10,14H,8-9,11-13H2,1H3. The number of nitrogens with zero attached hydrogens (tertiary/aromatic N) is 3. The fourth-order valence-electron chi connectivity index (χ4n) is 3.04. The predicted octanol–water partition coefficient (Wildman–Crippen LogP) is 4.72. The van der Waals surface area contributed by atoms with Gasteiger partial charge in [-0.25, -0.2) is 9.97 Å². The lowest BCUT2D eigenvalue weighted by molar-refractivity contribution is 0.185. The first-order valence-electron chi connectivity index (χ1n) is 8.47. The minimum atomic E-state index is 0.640. The lowest BCUT2D eigenvalue weighted by atomic mass is 9.99. The van der Waals surface area contributed by atoms with Crippen molar-refractivity contribution in [3.8, 4) is 10.9 Å². The third kappa shape index (κ3) is 3.57. The van der Waals surface area contributed by atoms with Crippen LogP contribution in [0, 0.1) is 5.92 Å². The molecule has 2 aromatic heterocycles. The van der Waals surface area contributed by atoms with Gasteiger partial charge in [-0.2, -0.15) is 0 Å². The molecular formula is C19H21N3OS. The Balaban J connectivity index is 1.40. The molecule has 1 aliphatic heterocycles. The third-order valence-corrected chi connectivity index (χ3v) is 5.41. The number of benzene rings is 1. The van der Waals surface area contributed by atoms with Gasteiger partial charge < -0.3 is 4.74 Å². The molecule has 1 fully saturated rings. The van der Waals surface area contributed by atoms with E-state index in [1.807, 2.05) is 24.3 Å². The molecular weight excluding hydrogens is 318 g/mol. The second-order valence-electron chi connectivity index (χ2n) is 6.51. The van der Waals surface area contributed by atoms with Crippen LogP contribution in [-0.4, -0.2) is 28.0 Å². The van der Waals surface area contributed by atoms with Crippen molar-refractivity contribution in [2.75, 3.05) is 13.1 Å². The lowest BCUT2D eigenvalue weighted by Gasteiger charge is -2.30. The number of aromatic nitrogens is 2. The van der Waals surface area contributed by atoms with Crippen molar-refractivity contribution in [1.82, 2.24) is 14.9 Å². The highest BCUT2D eigenvalue weighted by Gasteiger charge is 2.15. The van der Waals surface area contributed by atoms with Gasteiger partial charge in [0.25, 0.3) is 5.19 Å². The van der Waals surface area contributed by atoms with Crippen LogP contribution in [0.2, 0.25) is 0 Å². The van der Waals surface area contributed by atoms with Crippen LogP contribution in [0.15, 0.2) is 42.6 Å². The zero-order valence-corrected chi connectivity index (χ0v) is 14.6. The highest BCUT2D eigenvalue weighted by atomic mass is 32.1. The quantitative estimate of drug-likeness (QED) is 0.689. The third-order valence-electron chi connectivity index (χ3n) is 4.56. The van der Waals surface area contributed by atoms with Crippen molar-refractivity contribution in [3.63, 3.8) is 0 Å². The lowest BCUT2D eigenvalue weighted by Crippen LogP contribution is -2.32. The van der Waals surface area contributed by atoms with E-state index in [1.54, 1.807) is 6.20 Å². The van der Waals surface area contributed by atoms with E-state index in [4.69, 9.17) is 4.74 Å². The van der Waals surface area contributed by atoms with Crippen LogP contribution in [0.5, 0.6) is 10.9 Å². The van der Waals surface area contributed by atoms with Crippen LogP contribution in [0.3, 0.4) is 0 Å². The maximum absolute atomic E-state index is 5.88. The van der Waals surface area contributed by atoms with Crippen LogP contribution in [0.4, 0.5) is 0 Å². The van der Waals surface area contributed by atoms with E-state index in [9.17, 15) is 0 Å². The number of hydrogen-bond acceptors (Lipinski definition) is 5. The Morgan fingerprint density at radius 1 is 1.17 bits per heavy atom. The van der Waals surface area contributed by atoms with E-state index in [0.29, 0.717) is 5.19 Å². The van der Waals surface area contributed by atoms with Crippen molar-refractivity contribution in [3.05, 3.63) is 48.2 Å². The van der Waals surface area contributed by atoms with Gasteiger partial charge in [-0.05, 0) is 61.7 Å². The summed E-state index contributed by atoms with van der Waals surface area (Å²) in [5.41, 5.74) is 2.22. The Kier molecular flexibility index (Phi) is 4.45. The fourth-order valence-corrected chi connectivity index (χ4v) is 3.81. The maximum Gasteiger partial charge on any atom is 0.281 e. The number of likely N-dealkylation sites (tertiary alicyclic amines) is 1. The van der Waals surface area contributed by atoms with E-state index in [2.05, 4.69) is 33.9 Å². The van der Waals surface area contributed by atoms with Crippen molar-refractivity contribution in [2.24, 2.45) is 5.92 Å². The largest absolute Gasteiger partial charge is 0.431 e. The van der Waals surface area contributed by atoms with Crippen molar-refractivity contribution in [2.45, 2.75) is 26.3 Å². The van der Waals surface area contributed by atoms with Crippen molar-refractivity contribution in [1.29, 1.82) is 0 Å². The SMILES string of the molecule is CC1CCN(Cc2ccc(Oc3nc4cccnc4s3)cc2)CC1. The maximum atomic E-state index is 5.88. The highest BCUT2D eigenvalue weighted by Crippen LogP contribution is 2.30. The smallest absolute Gasteiger partial charge is 0.281 e. The summed E-state index contributed by atoms with van der Waals surface area (Å²) in [4.78, 5) is 12.2. The summed E-state index contributed by atoms with van der Waals surface area (Å²) in [7, 11) is 0. The molecule has 1 aromatic carbocycles. The molecule has 1 aliphatic rings. The molecule has 5 heteroatoms. The molecule has 0 spiro atoms. The van der Waals surface area contributed by atoms with Gasteiger partial charge in [0.05, 0.1) is 0 Å². The van der Waals surface area contributed by atoms with Gasteiger partial charge >= 0.3 is 0 Å². The zero-order chi connectivity index (χ0) is 16.4. The summed E-state index contributed by atoms with van der Waals surface area (Å²) in [6.45, 7) is 5.79. The Bertz CT molecular complexity index is 774. The molecule has 0 atom stereocenters. The van der Waals surface area contributed by atoms with Gasteiger partial charge in [0.2, 0.25) is 0 Å². The summed E-state index contributed by atoms with van der Waals surface area (Å²) in [5.74, 6) is 1.70. The monoisotopic (exact) mass is 339 g/mol. The van der Waals surface area contributed by atoms with E-state index in [0.717, 1.165) is 28.6 Å². The fraction of sp³-hybridized carbons (Fsp3) is 0.368. The van der Waals surface area contributed by atoms with E-state index in [-0.39, 0.29) is 0 Å². The summed E-state index contributed by atoms with van der Waals surface area (Å²) >= 11 is 1.47. The van der Waals surface area contributed by atoms with E-state index >= 15 is 0 Å². The number of piperidine rings is 1. The summed E-state index contributed by atoms with van der Waals surface area (Å²) < 4.78 is 5.88. The molecule has 24 heavy (non-hydrogen) atoms. The van der Waals surface area contributed by atoms with Crippen LogP contribution in [0.25, 0.3) is 10.3 Å². The predicted molar refractivity (Wildman–Crippen MR) is 97.6 cm³/mol. The molecule has 0 aliphatic carbocycles. The Hall–Kier alpha value is -1.98. The average molecular weight is 339 g/mol. The summed E-state index contributed by atoms with van der Waals surface area (Å²) in [6.07, 6.45) is 4.40. The van der Waals surface area contributed by atoms with Gasteiger partial charge in [0.15, 0.2) is 0 Å². The minimum Gasteiger partial charge on any atom is -0.431 e. The molecule has 4 rings (SSSR count). The van der Waals surface area contributed by atoms with Crippen LogP contribution < -0.4 is 4.74 Å². The number of thiazole rings is 1. The first kappa shape index (κ1) is 15.5. The molecule has 1 saturated heterocycles. The second kappa shape index (κ2) is 6.87. The Labute approximate surface area is 146 Å². The highest BCUT2D eigenvalue weighted by molar-refractivity contribution is 7.19. The van der Waals surface area contributed by atoms with E-state index in [1.165, 1.54) is 42.8 Å². The molecule has 3 heterocycles. The molecule has 3 aromatic rings. The van der Waals surface area contributed by atoms with Gasteiger partial charge in [0.1, 0.15) is 16.1 Å². The average Bonchev–Trinajstić information content (AvgIpc) is 3.01. The summed E-state index contributed by atoms with van der Waals surface area (Å²) in [5, 5.41) is 0.640. The molecule has 4 nitrogen and oxygen atoms in total. The normalized spacial score (nSPS) is 16.5. The van der Waals surface area contributed by atoms with Crippen molar-refractivity contribution < 1.29 is 4.74 Å².